The quantitative estimate of drug-likeness (QED) is 0.801. The van der Waals surface area contributed by atoms with Gasteiger partial charge >= 0.3 is 0 Å². The predicted octanol–water partition coefficient (Wildman–Crippen LogP) is 2.32. The second-order valence-corrected chi connectivity index (χ2v) is 7.48. The summed E-state index contributed by atoms with van der Waals surface area (Å²) < 4.78 is 11.5. The van der Waals surface area contributed by atoms with Gasteiger partial charge in [0.2, 0.25) is 0 Å². The highest BCUT2D eigenvalue weighted by molar-refractivity contribution is 5.58. The summed E-state index contributed by atoms with van der Waals surface area (Å²) in [6, 6.07) is 4.06. The number of carbonyl (C=O) groups is 1. The molecule has 1 N–H and O–H groups in total. The molecule has 2 aliphatic rings. The van der Waals surface area contributed by atoms with E-state index in [0.29, 0.717) is 25.2 Å². The molecular formula is C20H29NO4. The van der Waals surface area contributed by atoms with Crippen molar-refractivity contribution in [1.29, 1.82) is 0 Å². The van der Waals surface area contributed by atoms with Crippen molar-refractivity contribution in [2.24, 2.45) is 0 Å². The molecule has 1 aromatic carbocycles. The summed E-state index contributed by atoms with van der Waals surface area (Å²) in [6.45, 7) is 5.53. The van der Waals surface area contributed by atoms with E-state index in [1.54, 1.807) is 7.11 Å². The third kappa shape index (κ3) is 2.56. The fourth-order valence-corrected chi connectivity index (χ4v) is 4.93. The monoisotopic (exact) mass is 347 g/mol. The largest absolute Gasteiger partial charge is 0.493 e. The number of aldehydes is 1. The van der Waals surface area contributed by atoms with E-state index >= 15 is 0 Å². The molecule has 2 unspecified atom stereocenters. The molecule has 5 nitrogen and oxygen atoms in total. The molecule has 138 valence electrons. The van der Waals surface area contributed by atoms with E-state index in [2.05, 4.69) is 24.9 Å². The van der Waals surface area contributed by atoms with Gasteiger partial charge < -0.3 is 24.3 Å². The predicted molar refractivity (Wildman–Crippen MR) is 96.5 cm³/mol. The minimum atomic E-state index is -0.966. The molecule has 1 fully saturated rings. The first-order valence-electron chi connectivity index (χ1n) is 9.12. The van der Waals surface area contributed by atoms with Crippen LogP contribution in [0.4, 0.5) is 0 Å². The second-order valence-electron chi connectivity index (χ2n) is 7.48. The van der Waals surface area contributed by atoms with Crippen LogP contribution in [0.3, 0.4) is 0 Å². The van der Waals surface area contributed by atoms with Gasteiger partial charge in [0.1, 0.15) is 6.29 Å². The lowest BCUT2D eigenvalue weighted by Gasteiger charge is -2.60. The minimum absolute atomic E-state index is 0.00146. The Morgan fingerprint density at radius 1 is 1.44 bits per heavy atom. The summed E-state index contributed by atoms with van der Waals surface area (Å²) in [7, 11) is 3.71. The molecule has 2 bridgehead atoms. The maximum atomic E-state index is 11.8. The Morgan fingerprint density at radius 2 is 2.20 bits per heavy atom. The zero-order chi connectivity index (χ0) is 18.2. The van der Waals surface area contributed by atoms with E-state index < -0.39 is 11.0 Å². The van der Waals surface area contributed by atoms with Crippen LogP contribution in [0.25, 0.3) is 0 Å². The molecular weight excluding hydrogens is 318 g/mol. The van der Waals surface area contributed by atoms with Gasteiger partial charge in [0.25, 0.3) is 0 Å². The van der Waals surface area contributed by atoms with E-state index in [9.17, 15) is 9.90 Å². The molecule has 1 heterocycles. The van der Waals surface area contributed by atoms with Gasteiger partial charge in [-0.15, -0.1) is 0 Å². The maximum Gasteiger partial charge on any atom is 0.165 e. The fourth-order valence-electron chi connectivity index (χ4n) is 4.93. The maximum absolute atomic E-state index is 11.8. The van der Waals surface area contributed by atoms with Crippen molar-refractivity contribution in [2.75, 3.05) is 27.3 Å². The van der Waals surface area contributed by atoms with E-state index in [1.165, 1.54) is 5.56 Å². The summed E-state index contributed by atoms with van der Waals surface area (Å²) in [5.41, 5.74) is 0.830. The molecule has 3 atom stereocenters. The molecule has 0 aromatic heterocycles. The van der Waals surface area contributed by atoms with Crippen LogP contribution in [-0.4, -0.2) is 55.2 Å². The lowest BCUT2D eigenvalue weighted by molar-refractivity contribution is -0.142. The van der Waals surface area contributed by atoms with Gasteiger partial charge in [-0.2, -0.15) is 0 Å². The molecule has 0 amide bonds. The topological polar surface area (TPSA) is 59.0 Å². The molecule has 5 heteroatoms. The van der Waals surface area contributed by atoms with E-state index in [1.807, 2.05) is 13.0 Å². The van der Waals surface area contributed by atoms with Gasteiger partial charge in [-0.3, -0.25) is 0 Å². The van der Waals surface area contributed by atoms with Crippen molar-refractivity contribution in [3.8, 4) is 11.5 Å². The summed E-state index contributed by atoms with van der Waals surface area (Å²) in [4.78, 5) is 13.3. The summed E-state index contributed by atoms with van der Waals surface area (Å²) >= 11 is 0. The molecule has 0 radical (unpaired) electrons. The summed E-state index contributed by atoms with van der Waals surface area (Å²) in [6.07, 6.45) is 3.29. The highest BCUT2D eigenvalue weighted by Crippen LogP contribution is 2.56. The minimum Gasteiger partial charge on any atom is -0.493 e. The van der Waals surface area contributed by atoms with Gasteiger partial charge in [-0.25, -0.2) is 0 Å². The number of rotatable bonds is 6. The highest BCUT2D eigenvalue weighted by Gasteiger charge is 2.60. The molecule has 0 spiro atoms. The highest BCUT2D eigenvalue weighted by atomic mass is 16.5. The zero-order valence-electron chi connectivity index (χ0n) is 15.7. The number of hydrogen-bond donors (Lipinski definition) is 1. The third-order valence-corrected chi connectivity index (χ3v) is 6.33. The van der Waals surface area contributed by atoms with Crippen molar-refractivity contribution in [1.82, 2.24) is 4.90 Å². The Morgan fingerprint density at radius 3 is 2.84 bits per heavy atom. The summed E-state index contributed by atoms with van der Waals surface area (Å²) in [5, 5.41) is 11.8. The van der Waals surface area contributed by atoms with Crippen LogP contribution in [0.2, 0.25) is 0 Å². The summed E-state index contributed by atoms with van der Waals surface area (Å²) in [5.74, 6) is 1.45. The number of ether oxygens (including phenoxy) is 2. The third-order valence-electron chi connectivity index (χ3n) is 6.33. The van der Waals surface area contributed by atoms with Crippen LogP contribution < -0.4 is 9.47 Å². The molecule has 1 aromatic rings. The van der Waals surface area contributed by atoms with Crippen molar-refractivity contribution in [3.63, 3.8) is 0 Å². The van der Waals surface area contributed by atoms with Crippen LogP contribution in [0.15, 0.2) is 12.1 Å². The molecule has 1 saturated heterocycles. The van der Waals surface area contributed by atoms with Gasteiger partial charge in [-0.05, 0) is 51.4 Å². The van der Waals surface area contributed by atoms with Crippen LogP contribution in [-0.2, 0) is 16.6 Å². The molecule has 0 saturated carbocycles. The average Bonchev–Trinajstić information content (AvgIpc) is 2.60. The first kappa shape index (κ1) is 18.2. The Kier molecular flexibility index (Phi) is 4.82. The van der Waals surface area contributed by atoms with Gasteiger partial charge in [0, 0.05) is 23.4 Å². The van der Waals surface area contributed by atoms with Crippen molar-refractivity contribution in [3.05, 3.63) is 23.3 Å². The zero-order valence-corrected chi connectivity index (χ0v) is 15.7. The SMILES string of the molecule is CCOc1c(OC)ccc2c1C1(C)CCN(C)C(C2)[C@]1(O)CCC=O. The van der Waals surface area contributed by atoms with Crippen LogP contribution in [0.1, 0.15) is 44.2 Å². The number of benzene rings is 1. The van der Waals surface area contributed by atoms with Gasteiger partial charge in [0.15, 0.2) is 11.5 Å². The number of hydrogen-bond acceptors (Lipinski definition) is 5. The standard InChI is InChI=1S/C20H29NO4/c1-5-25-18-15(24-4)8-7-14-13-16-20(23,9-6-12-22)19(2,17(14)18)10-11-21(16)3/h7-8,12,16,23H,5-6,9-11,13H2,1-4H3/t16?,19?,20-/m1/s1. The van der Waals surface area contributed by atoms with E-state index in [0.717, 1.165) is 37.0 Å². The van der Waals surface area contributed by atoms with Gasteiger partial charge in [-0.1, -0.05) is 13.0 Å². The van der Waals surface area contributed by atoms with Crippen molar-refractivity contribution in [2.45, 2.75) is 56.6 Å². The van der Waals surface area contributed by atoms with E-state index in [4.69, 9.17) is 9.47 Å². The Bertz CT molecular complexity index is 661. The Labute approximate surface area is 149 Å². The van der Waals surface area contributed by atoms with Gasteiger partial charge in [0.05, 0.1) is 19.3 Å². The van der Waals surface area contributed by atoms with Crippen LogP contribution in [0, 0.1) is 0 Å². The van der Waals surface area contributed by atoms with Crippen LogP contribution >= 0.6 is 0 Å². The molecule has 25 heavy (non-hydrogen) atoms. The second kappa shape index (κ2) is 6.61. The molecule has 1 aliphatic heterocycles. The Balaban J connectivity index is 2.22. The number of aliphatic hydroxyl groups is 1. The number of nitrogens with zero attached hydrogens (tertiary/aromatic N) is 1. The normalized spacial score (nSPS) is 31.3. The number of likely N-dealkylation sites (N-methyl/N-ethyl adjacent to an activating group) is 1. The van der Waals surface area contributed by atoms with Crippen LogP contribution in [0.5, 0.6) is 11.5 Å². The van der Waals surface area contributed by atoms with E-state index in [-0.39, 0.29) is 6.04 Å². The fraction of sp³-hybridized carbons (Fsp3) is 0.650. The molecule has 3 rings (SSSR count). The number of likely N-dealkylation sites (tertiary alicyclic amines) is 1. The average molecular weight is 347 g/mol. The number of carbonyl (C=O) groups excluding carboxylic acids is 1. The van der Waals surface area contributed by atoms with Crippen molar-refractivity contribution >= 4 is 6.29 Å². The lowest BCUT2D eigenvalue weighted by Crippen LogP contribution is -2.69. The van der Waals surface area contributed by atoms with Crippen molar-refractivity contribution < 1.29 is 19.4 Å². The smallest absolute Gasteiger partial charge is 0.165 e. The molecule has 1 aliphatic carbocycles. The Hall–Kier alpha value is -1.59. The lowest BCUT2D eigenvalue weighted by atomic mass is 9.54. The number of piperidine rings is 1. The number of methoxy groups -OCH3 is 1. The number of fused-ring (bicyclic) bond motifs is 4. The first-order valence-corrected chi connectivity index (χ1v) is 9.12. The first-order chi connectivity index (χ1) is 11.9.